The van der Waals surface area contributed by atoms with Crippen LogP contribution in [0.25, 0.3) is 0 Å². The van der Waals surface area contributed by atoms with Gasteiger partial charge >= 0.3 is 0 Å². The van der Waals surface area contributed by atoms with E-state index >= 15 is 0 Å². The fourth-order valence-corrected chi connectivity index (χ4v) is 5.33. The number of likely N-dealkylation sites (tertiary alicyclic amines) is 1. The highest BCUT2D eigenvalue weighted by atomic mass is 32.2. The van der Waals surface area contributed by atoms with E-state index in [1.807, 2.05) is 34.6 Å². The van der Waals surface area contributed by atoms with Gasteiger partial charge in [0.05, 0.1) is 5.56 Å². The van der Waals surface area contributed by atoms with Crippen LogP contribution in [0.4, 0.5) is 0 Å². The van der Waals surface area contributed by atoms with Crippen molar-refractivity contribution in [3.63, 3.8) is 0 Å². The van der Waals surface area contributed by atoms with Crippen molar-refractivity contribution in [1.82, 2.24) is 14.8 Å². The Bertz CT molecular complexity index is 753. The normalized spacial score (nSPS) is 19.0. The molecule has 2 aliphatic heterocycles. The molecule has 2 aromatic rings. The first-order valence-electron chi connectivity index (χ1n) is 8.84. The number of thiophene rings is 1. The molecule has 2 aromatic heterocycles. The molecule has 0 bridgehead atoms. The third-order valence-corrected chi connectivity index (χ3v) is 7.04. The van der Waals surface area contributed by atoms with Crippen molar-refractivity contribution in [3.8, 4) is 0 Å². The zero-order valence-electron chi connectivity index (χ0n) is 14.5. The minimum Gasteiger partial charge on any atom is -0.338 e. The largest absolute Gasteiger partial charge is 0.338 e. The van der Waals surface area contributed by atoms with Crippen LogP contribution in [0.2, 0.25) is 0 Å². The number of piperidine rings is 1. The average molecular weight is 374 g/mol. The maximum Gasteiger partial charge on any atom is 0.256 e. The summed E-state index contributed by atoms with van der Waals surface area (Å²) < 4.78 is 0. The summed E-state index contributed by atoms with van der Waals surface area (Å²) in [4.78, 5) is 23.4. The van der Waals surface area contributed by atoms with E-state index in [0.29, 0.717) is 6.04 Å². The summed E-state index contributed by atoms with van der Waals surface area (Å²) in [6, 6.07) is 6.63. The molecule has 0 atom stereocenters. The number of fused-ring (bicyclic) bond motifs is 1. The SMILES string of the molecule is CSc1ncccc1C(=O)N1CCC(N2CCc3sccc3C2)CC1. The van der Waals surface area contributed by atoms with Gasteiger partial charge in [0.2, 0.25) is 0 Å². The minimum absolute atomic E-state index is 0.134. The molecule has 0 aliphatic carbocycles. The fraction of sp³-hybridized carbons (Fsp3) is 0.474. The Morgan fingerprint density at radius 2 is 2.12 bits per heavy atom. The van der Waals surface area contributed by atoms with E-state index in [1.165, 1.54) is 23.7 Å². The van der Waals surface area contributed by atoms with Gasteiger partial charge in [0.25, 0.3) is 5.91 Å². The number of pyridine rings is 1. The topological polar surface area (TPSA) is 36.4 Å². The van der Waals surface area contributed by atoms with Gasteiger partial charge < -0.3 is 4.90 Å². The van der Waals surface area contributed by atoms with Crippen LogP contribution >= 0.6 is 23.1 Å². The highest BCUT2D eigenvalue weighted by Gasteiger charge is 2.30. The second-order valence-corrected chi connectivity index (χ2v) is 8.47. The maximum absolute atomic E-state index is 12.9. The summed E-state index contributed by atoms with van der Waals surface area (Å²) in [7, 11) is 0. The van der Waals surface area contributed by atoms with Crippen molar-refractivity contribution in [1.29, 1.82) is 0 Å². The van der Waals surface area contributed by atoms with E-state index in [-0.39, 0.29) is 5.91 Å². The van der Waals surface area contributed by atoms with Crippen LogP contribution in [-0.2, 0) is 13.0 Å². The number of amides is 1. The van der Waals surface area contributed by atoms with Gasteiger partial charge in [0.1, 0.15) is 5.03 Å². The van der Waals surface area contributed by atoms with Crippen molar-refractivity contribution < 1.29 is 4.79 Å². The number of aromatic nitrogens is 1. The van der Waals surface area contributed by atoms with Crippen LogP contribution in [0.5, 0.6) is 0 Å². The Hall–Kier alpha value is -1.37. The number of nitrogens with zero attached hydrogens (tertiary/aromatic N) is 3. The van der Waals surface area contributed by atoms with Crippen LogP contribution in [0, 0.1) is 0 Å². The van der Waals surface area contributed by atoms with E-state index in [1.54, 1.807) is 11.1 Å². The lowest BCUT2D eigenvalue weighted by Crippen LogP contribution is -2.48. The van der Waals surface area contributed by atoms with E-state index in [2.05, 4.69) is 21.3 Å². The zero-order chi connectivity index (χ0) is 17.2. The lowest BCUT2D eigenvalue weighted by molar-refractivity contribution is 0.0596. The number of hydrogen-bond donors (Lipinski definition) is 0. The fourth-order valence-electron chi connectivity index (χ4n) is 3.90. The molecule has 6 heteroatoms. The summed E-state index contributed by atoms with van der Waals surface area (Å²) in [5, 5.41) is 3.04. The third-order valence-electron chi connectivity index (χ3n) is 5.30. The summed E-state index contributed by atoms with van der Waals surface area (Å²) >= 11 is 3.43. The molecular weight excluding hydrogens is 350 g/mol. The van der Waals surface area contributed by atoms with Crippen LogP contribution in [0.3, 0.4) is 0 Å². The van der Waals surface area contributed by atoms with Crippen molar-refractivity contribution in [2.75, 3.05) is 25.9 Å². The second-order valence-electron chi connectivity index (χ2n) is 6.67. The van der Waals surface area contributed by atoms with Crippen LogP contribution in [-0.4, -0.2) is 52.6 Å². The standard InChI is InChI=1S/C19H23N3OS2/c1-24-18-16(3-2-8-20-18)19(23)21-9-4-15(5-10-21)22-11-6-17-14(13-22)7-12-25-17/h2-3,7-8,12,15H,4-6,9-11,13H2,1H3. The van der Waals surface area contributed by atoms with Crippen molar-refractivity contribution in [2.24, 2.45) is 0 Å². The molecule has 132 valence electrons. The first-order valence-corrected chi connectivity index (χ1v) is 10.9. The molecule has 0 aromatic carbocycles. The Morgan fingerprint density at radius 1 is 1.28 bits per heavy atom. The van der Waals surface area contributed by atoms with Gasteiger partial charge in [0, 0.05) is 43.3 Å². The predicted octanol–water partition coefficient (Wildman–Crippen LogP) is 3.53. The molecule has 4 rings (SSSR count). The van der Waals surface area contributed by atoms with Gasteiger partial charge in [-0.3, -0.25) is 9.69 Å². The molecule has 0 radical (unpaired) electrons. The Labute approximate surface area is 157 Å². The predicted molar refractivity (Wildman–Crippen MR) is 103 cm³/mol. The van der Waals surface area contributed by atoms with Gasteiger partial charge in [-0.05, 0) is 54.7 Å². The van der Waals surface area contributed by atoms with Crippen molar-refractivity contribution in [3.05, 3.63) is 45.8 Å². The molecule has 4 nitrogen and oxygen atoms in total. The van der Waals surface area contributed by atoms with Crippen molar-refractivity contribution >= 4 is 29.0 Å². The number of carbonyl (C=O) groups is 1. The van der Waals surface area contributed by atoms with Gasteiger partial charge in [-0.15, -0.1) is 23.1 Å². The van der Waals surface area contributed by atoms with Crippen LogP contribution in [0.1, 0.15) is 33.6 Å². The van der Waals surface area contributed by atoms with E-state index < -0.39 is 0 Å². The van der Waals surface area contributed by atoms with Gasteiger partial charge in [-0.25, -0.2) is 4.98 Å². The molecule has 0 spiro atoms. The Kier molecular flexibility index (Phi) is 5.10. The first kappa shape index (κ1) is 17.1. The highest BCUT2D eigenvalue weighted by Crippen LogP contribution is 2.28. The molecule has 4 heterocycles. The first-order chi connectivity index (χ1) is 12.3. The average Bonchev–Trinajstić information content (AvgIpc) is 3.15. The van der Waals surface area contributed by atoms with Gasteiger partial charge in [-0.2, -0.15) is 0 Å². The second kappa shape index (κ2) is 7.48. The molecule has 1 amide bonds. The minimum atomic E-state index is 0.134. The Morgan fingerprint density at radius 3 is 2.92 bits per heavy atom. The molecule has 0 N–H and O–H groups in total. The highest BCUT2D eigenvalue weighted by molar-refractivity contribution is 7.98. The lowest BCUT2D eigenvalue weighted by atomic mass is 9.99. The summed E-state index contributed by atoms with van der Waals surface area (Å²) in [5.41, 5.74) is 2.25. The third kappa shape index (κ3) is 3.48. The summed E-state index contributed by atoms with van der Waals surface area (Å²) in [6.07, 6.45) is 7.05. The molecule has 1 fully saturated rings. The molecule has 0 saturated carbocycles. The smallest absolute Gasteiger partial charge is 0.256 e. The van der Waals surface area contributed by atoms with Crippen molar-refractivity contribution in [2.45, 2.75) is 36.9 Å². The molecule has 25 heavy (non-hydrogen) atoms. The maximum atomic E-state index is 12.9. The molecule has 2 aliphatic rings. The van der Waals surface area contributed by atoms with Gasteiger partial charge in [0.15, 0.2) is 0 Å². The van der Waals surface area contributed by atoms with Gasteiger partial charge in [-0.1, -0.05) is 0 Å². The molecule has 0 unspecified atom stereocenters. The summed E-state index contributed by atoms with van der Waals surface area (Å²) in [5.74, 6) is 0.134. The number of thioether (sulfide) groups is 1. The van der Waals surface area contributed by atoms with Crippen LogP contribution < -0.4 is 0 Å². The molecular formula is C19H23N3OS2. The summed E-state index contributed by atoms with van der Waals surface area (Å²) in [6.45, 7) is 3.93. The zero-order valence-corrected chi connectivity index (χ0v) is 16.1. The lowest BCUT2D eigenvalue weighted by Gasteiger charge is -2.40. The number of carbonyl (C=O) groups excluding carboxylic acids is 1. The quantitative estimate of drug-likeness (QED) is 0.771. The van der Waals surface area contributed by atoms with E-state index in [9.17, 15) is 4.79 Å². The van der Waals surface area contributed by atoms with E-state index in [0.717, 1.165) is 49.6 Å². The number of rotatable bonds is 3. The van der Waals surface area contributed by atoms with E-state index in [4.69, 9.17) is 0 Å². The Balaban J connectivity index is 1.38. The number of hydrogen-bond acceptors (Lipinski definition) is 5. The molecule has 1 saturated heterocycles. The van der Waals surface area contributed by atoms with Crippen LogP contribution in [0.15, 0.2) is 34.8 Å². The monoisotopic (exact) mass is 373 g/mol.